The summed E-state index contributed by atoms with van der Waals surface area (Å²) < 4.78 is 0. The molecule has 0 fully saturated rings. The summed E-state index contributed by atoms with van der Waals surface area (Å²) in [6.07, 6.45) is 0. The lowest BCUT2D eigenvalue weighted by atomic mass is 10.1. The van der Waals surface area contributed by atoms with Crippen molar-refractivity contribution in [2.24, 2.45) is 0 Å². The number of amides is 1. The van der Waals surface area contributed by atoms with Crippen LogP contribution in [0.3, 0.4) is 0 Å². The molecular weight excluding hydrogens is 281 g/mol. The molecule has 2 nitrogen and oxygen atoms in total. The van der Waals surface area contributed by atoms with Gasteiger partial charge < -0.3 is 5.32 Å². The first kappa shape index (κ1) is 13.9. The third kappa shape index (κ3) is 3.09. The molecule has 0 spiro atoms. The fourth-order valence-corrected chi connectivity index (χ4v) is 2.12. The molecule has 0 radical (unpaired) electrons. The Kier molecular flexibility index (Phi) is 4.13. The van der Waals surface area contributed by atoms with Gasteiger partial charge in [0.2, 0.25) is 0 Å². The van der Waals surface area contributed by atoms with Gasteiger partial charge in [0.05, 0.1) is 15.7 Å². The average molecular weight is 294 g/mol. The lowest BCUT2D eigenvalue weighted by molar-refractivity contribution is 0.102. The van der Waals surface area contributed by atoms with Crippen molar-refractivity contribution in [3.63, 3.8) is 0 Å². The predicted molar refractivity (Wildman–Crippen MR) is 80.3 cm³/mol. The van der Waals surface area contributed by atoms with Crippen LogP contribution in [0.25, 0.3) is 0 Å². The highest BCUT2D eigenvalue weighted by Crippen LogP contribution is 2.30. The van der Waals surface area contributed by atoms with E-state index < -0.39 is 0 Å². The van der Waals surface area contributed by atoms with Crippen LogP contribution in [0.4, 0.5) is 5.69 Å². The number of carbonyl (C=O) groups excluding carboxylic acids is 1. The third-order valence-corrected chi connectivity index (χ3v) is 3.66. The van der Waals surface area contributed by atoms with Crippen LogP contribution in [0.15, 0.2) is 36.4 Å². The Bertz CT molecular complexity index is 638. The molecule has 1 amide bonds. The summed E-state index contributed by atoms with van der Waals surface area (Å²) in [7, 11) is 0. The van der Waals surface area contributed by atoms with Crippen LogP contribution < -0.4 is 5.32 Å². The van der Waals surface area contributed by atoms with Gasteiger partial charge in [0.25, 0.3) is 5.91 Å². The molecule has 0 atom stereocenters. The fraction of sp³-hybridized carbons (Fsp3) is 0.133. The van der Waals surface area contributed by atoms with E-state index in [0.29, 0.717) is 21.3 Å². The Balaban J connectivity index is 2.31. The summed E-state index contributed by atoms with van der Waals surface area (Å²) in [5.74, 6) is -0.189. The van der Waals surface area contributed by atoms with Gasteiger partial charge in [-0.25, -0.2) is 0 Å². The summed E-state index contributed by atoms with van der Waals surface area (Å²) in [6.45, 7) is 3.84. The Morgan fingerprint density at radius 2 is 1.84 bits per heavy atom. The topological polar surface area (TPSA) is 29.1 Å². The first-order valence-electron chi connectivity index (χ1n) is 5.81. The number of aryl methyl sites for hydroxylation is 2. The van der Waals surface area contributed by atoms with Crippen molar-refractivity contribution in [3.8, 4) is 0 Å². The summed E-state index contributed by atoms with van der Waals surface area (Å²) in [4.78, 5) is 12.2. The zero-order valence-electron chi connectivity index (χ0n) is 10.6. The van der Waals surface area contributed by atoms with Gasteiger partial charge in [0.1, 0.15) is 0 Å². The van der Waals surface area contributed by atoms with Crippen LogP contribution in [0, 0.1) is 13.8 Å². The molecule has 0 heterocycles. The highest BCUT2D eigenvalue weighted by Gasteiger charge is 2.12. The number of carbonyl (C=O) groups is 1. The molecule has 1 N–H and O–H groups in total. The number of halogens is 2. The van der Waals surface area contributed by atoms with Crippen molar-refractivity contribution in [2.75, 3.05) is 5.32 Å². The molecule has 2 aromatic rings. The van der Waals surface area contributed by atoms with E-state index in [1.165, 1.54) is 0 Å². The number of nitrogens with one attached hydrogen (secondary N) is 1. The summed E-state index contributed by atoms with van der Waals surface area (Å²) >= 11 is 12.0. The molecule has 0 aliphatic carbocycles. The number of rotatable bonds is 2. The first-order valence-corrected chi connectivity index (χ1v) is 6.57. The normalized spacial score (nSPS) is 10.3. The highest BCUT2D eigenvalue weighted by atomic mass is 35.5. The van der Waals surface area contributed by atoms with Crippen LogP contribution in [-0.4, -0.2) is 5.91 Å². The van der Waals surface area contributed by atoms with Gasteiger partial charge in [-0.3, -0.25) is 4.79 Å². The number of hydrogen-bond acceptors (Lipinski definition) is 1. The molecule has 0 saturated carbocycles. The SMILES string of the molecule is Cc1ccc(C)c(C(=O)Nc2cccc(Cl)c2Cl)c1. The Labute approximate surface area is 122 Å². The van der Waals surface area contributed by atoms with Crippen LogP contribution >= 0.6 is 23.2 Å². The molecule has 0 aliphatic heterocycles. The van der Waals surface area contributed by atoms with E-state index in [1.54, 1.807) is 18.2 Å². The quantitative estimate of drug-likeness (QED) is 0.841. The zero-order chi connectivity index (χ0) is 14.0. The molecule has 0 saturated heterocycles. The third-order valence-electron chi connectivity index (χ3n) is 2.84. The first-order chi connectivity index (χ1) is 8.99. The van der Waals surface area contributed by atoms with E-state index in [4.69, 9.17) is 23.2 Å². The molecule has 0 bridgehead atoms. The van der Waals surface area contributed by atoms with Gasteiger partial charge in [-0.1, -0.05) is 47.0 Å². The monoisotopic (exact) mass is 293 g/mol. The van der Waals surface area contributed by atoms with E-state index in [0.717, 1.165) is 11.1 Å². The number of benzene rings is 2. The minimum absolute atomic E-state index is 0.189. The summed E-state index contributed by atoms with van der Waals surface area (Å²) in [5.41, 5.74) is 3.10. The maximum Gasteiger partial charge on any atom is 0.255 e. The zero-order valence-corrected chi connectivity index (χ0v) is 12.1. The Morgan fingerprint density at radius 3 is 2.58 bits per heavy atom. The minimum atomic E-state index is -0.189. The number of anilines is 1. The van der Waals surface area contributed by atoms with E-state index in [9.17, 15) is 4.79 Å². The van der Waals surface area contributed by atoms with Gasteiger partial charge in [0, 0.05) is 5.56 Å². The van der Waals surface area contributed by atoms with Gasteiger partial charge >= 0.3 is 0 Å². The van der Waals surface area contributed by atoms with E-state index in [-0.39, 0.29) is 5.91 Å². The van der Waals surface area contributed by atoms with Crippen LogP contribution in [0.1, 0.15) is 21.5 Å². The molecule has 2 aromatic carbocycles. The lowest BCUT2D eigenvalue weighted by Gasteiger charge is -2.10. The van der Waals surface area contributed by atoms with Gasteiger partial charge in [0.15, 0.2) is 0 Å². The van der Waals surface area contributed by atoms with Gasteiger partial charge in [-0.15, -0.1) is 0 Å². The molecule has 0 unspecified atom stereocenters. The van der Waals surface area contributed by atoms with E-state index >= 15 is 0 Å². The Hall–Kier alpha value is -1.51. The van der Waals surface area contributed by atoms with Crippen molar-refractivity contribution in [3.05, 3.63) is 63.1 Å². The molecule has 0 aromatic heterocycles. The largest absolute Gasteiger partial charge is 0.321 e. The summed E-state index contributed by atoms with van der Waals surface area (Å²) in [6, 6.07) is 10.9. The van der Waals surface area contributed by atoms with Crippen molar-refractivity contribution in [1.29, 1.82) is 0 Å². The van der Waals surface area contributed by atoms with E-state index in [2.05, 4.69) is 5.32 Å². The maximum atomic E-state index is 12.2. The predicted octanol–water partition coefficient (Wildman–Crippen LogP) is 4.86. The molecular formula is C15H13Cl2NO. The Morgan fingerprint density at radius 1 is 1.11 bits per heavy atom. The lowest BCUT2D eigenvalue weighted by Crippen LogP contribution is -2.14. The van der Waals surface area contributed by atoms with Crippen molar-refractivity contribution in [2.45, 2.75) is 13.8 Å². The number of hydrogen-bond donors (Lipinski definition) is 1. The standard InChI is InChI=1S/C15H13Cl2NO/c1-9-6-7-10(2)11(8-9)15(19)18-13-5-3-4-12(16)14(13)17/h3-8H,1-2H3,(H,18,19). The van der Waals surface area contributed by atoms with Crippen molar-refractivity contribution >= 4 is 34.8 Å². The van der Waals surface area contributed by atoms with Crippen molar-refractivity contribution in [1.82, 2.24) is 0 Å². The molecule has 0 aliphatic rings. The highest BCUT2D eigenvalue weighted by molar-refractivity contribution is 6.44. The van der Waals surface area contributed by atoms with Crippen molar-refractivity contribution < 1.29 is 4.79 Å². The fourth-order valence-electron chi connectivity index (χ4n) is 1.77. The molecule has 19 heavy (non-hydrogen) atoms. The summed E-state index contributed by atoms with van der Waals surface area (Å²) in [5, 5.41) is 3.55. The minimum Gasteiger partial charge on any atom is -0.321 e. The molecule has 4 heteroatoms. The second kappa shape index (κ2) is 5.64. The smallest absolute Gasteiger partial charge is 0.255 e. The van der Waals surface area contributed by atoms with Crippen LogP contribution in [0.5, 0.6) is 0 Å². The second-order valence-electron chi connectivity index (χ2n) is 4.37. The maximum absolute atomic E-state index is 12.2. The van der Waals surface area contributed by atoms with Crippen LogP contribution in [-0.2, 0) is 0 Å². The van der Waals surface area contributed by atoms with Gasteiger partial charge in [-0.2, -0.15) is 0 Å². The average Bonchev–Trinajstić information content (AvgIpc) is 2.38. The van der Waals surface area contributed by atoms with Gasteiger partial charge in [-0.05, 0) is 37.6 Å². The van der Waals surface area contributed by atoms with E-state index in [1.807, 2.05) is 32.0 Å². The second-order valence-corrected chi connectivity index (χ2v) is 5.16. The molecule has 2 rings (SSSR count). The molecule has 98 valence electrons. The van der Waals surface area contributed by atoms with Crippen LogP contribution in [0.2, 0.25) is 10.0 Å².